The Morgan fingerprint density at radius 3 is 1.81 bits per heavy atom. The van der Waals surface area contributed by atoms with Crippen molar-refractivity contribution in [1.82, 2.24) is 5.32 Å². The second-order valence-corrected chi connectivity index (χ2v) is 4.16. The van der Waals surface area contributed by atoms with Gasteiger partial charge in [-0.3, -0.25) is 0 Å². The van der Waals surface area contributed by atoms with Crippen molar-refractivity contribution in [3.8, 4) is 0 Å². The summed E-state index contributed by atoms with van der Waals surface area (Å²) in [6, 6.07) is 0. The molecule has 0 unspecified atom stereocenters. The molecule has 0 bridgehead atoms. The molecule has 4 heteroatoms. The number of hydrogen-bond acceptors (Lipinski definition) is 3. The fourth-order valence-electron chi connectivity index (χ4n) is 1.20. The van der Waals surface area contributed by atoms with Crippen molar-refractivity contribution in [2.24, 2.45) is 11.5 Å². The van der Waals surface area contributed by atoms with E-state index in [1.807, 2.05) is 0 Å². The lowest BCUT2D eigenvalue weighted by Gasteiger charge is -1.95. The highest BCUT2D eigenvalue weighted by Crippen LogP contribution is 2.04. The second kappa shape index (κ2) is 20.6. The molecular weight excluding hydrogens is 222 g/mol. The van der Waals surface area contributed by atoms with Gasteiger partial charge in [0.15, 0.2) is 0 Å². The summed E-state index contributed by atoms with van der Waals surface area (Å²) >= 11 is 5.51. The predicted octanol–water partition coefficient (Wildman–Crippen LogP) is 2.08. The van der Waals surface area contributed by atoms with Crippen molar-refractivity contribution in [3.05, 3.63) is 0 Å². The van der Waals surface area contributed by atoms with Crippen LogP contribution in [0.3, 0.4) is 0 Å². The number of unbranched alkanes of at least 4 members (excludes halogenated alkanes) is 5. The quantitative estimate of drug-likeness (QED) is 0.412. The molecule has 16 heavy (non-hydrogen) atoms. The standard InChI is InChI=1S/C8H17Cl.C4H13N3/c1-2-3-4-5-6-7-8-9;5-1-3-7-4-2-6/h2-8H2,1H3;7H,1-6H2. The van der Waals surface area contributed by atoms with Crippen molar-refractivity contribution in [1.29, 1.82) is 0 Å². The number of nitrogens with one attached hydrogen (secondary N) is 1. The van der Waals surface area contributed by atoms with Crippen LogP contribution in [0.4, 0.5) is 0 Å². The van der Waals surface area contributed by atoms with Crippen LogP contribution < -0.4 is 16.8 Å². The van der Waals surface area contributed by atoms with E-state index < -0.39 is 0 Å². The van der Waals surface area contributed by atoms with Crippen LogP contribution in [0.5, 0.6) is 0 Å². The molecular formula is C12H30ClN3. The van der Waals surface area contributed by atoms with Crippen molar-refractivity contribution >= 4 is 11.6 Å². The molecule has 0 heterocycles. The highest BCUT2D eigenvalue weighted by Gasteiger charge is 1.86. The van der Waals surface area contributed by atoms with E-state index in [0.717, 1.165) is 19.0 Å². The third-order valence-electron chi connectivity index (χ3n) is 2.13. The number of hydrogen-bond donors (Lipinski definition) is 3. The summed E-state index contributed by atoms with van der Waals surface area (Å²) in [4.78, 5) is 0. The lowest BCUT2D eigenvalue weighted by Crippen LogP contribution is -2.27. The molecule has 0 aliphatic carbocycles. The van der Waals surface area contributed by atoms with Gasteiger partial charge in [-0.1, -0.05) is 39.0 Å². The summed E-state index contributed by atoms with van der Waals surface area (Å²) in [6.07, 6.45) is 8.02. The Morgan fingerprint density at radius 1 is 0.875 bits per heavy atom. The third-order valence-corrected chi connectivity index (χ3v) is 2.40. The maximum atomic E-state index is 5.51. The van der Waals surface area contributed by atoms with E-state index in [0.29, 0.717) is 13.1 Å². The van der Waals surface area contributed by atoms with Crippen LogP contribution in [0.1, 0.15) is 45.4 Å². The molecule has 0 amide bonds. The van der Waals surface area contributed by atoms with Gasteiger partial charge in [0.05, 0.1) is 0 Å². The summed E-state index contributed by atoms with van der Waals surface area (Å²) < 4.78 is 0. The first-order valence-electron chi connectivity index (χ1n) is 6.50. The molecule has 0 aromatic rings. The molecule has 0 aromatic carbocycles. The molecule has 0 aliphatic heterocycles. The molecule has 0 fully saturated rings. The molecule has 0 saturated heterocycles. The average Bonchev–Trinajstić information content (AvgIpc) is 2.31. The minimum absolute atomic E-state index is 0.694. The molecule has 0 atom stereocenters. The summed E-state index contributed by atoms with van der Waals surface area (Å²) in [7, 11) is 0. The van der Waals surface area contributed by atoms with Crippen LogP contribution in [0.15, 0.2) is 0 Å². The van der Waals surface area contributed by atoms with Gasteiger partial charge in [0.25, 0.3) is 0 Å². The van der Waals surface area contributed by atoms with Crippen LogP contribution in [0, 0.1) is 0 Å². The van der Waals surface area contributed by atoms with Crippen LogP contribution in [0.25, 0.3) is 0 Å². The minimum atomic E-state index is 0.694. The number of nitrogens with two attached hydrogens (primary N) is 2. The van der Waals surface area contributed by atoms with Crippen molar-refractivity contribution in [2.75, 3.05) is 32.1 Å². The van der Waals surface area contributed by atoms with Crippen LogP contribution in [0.2, 0.25) is 0 Å². The van der Waals surface area contributed by atoms with E-state index in [-0.39, 0.29) is 0 Å². The Hall–Kier alpha value is 0.170. The first kappa shape index (κ1) is 18.5. The Balaban J connectivity index is 0. The van der Waals surface area contributed by atoms with Gasteiger partial charge in [-0.25, -0.2) is 0 Å². The monoisotopic (exact) mass is 251 g/mol. The second-order valence-electron chi connectivity index (χ2n) is 3.78. The normalized spacial score (nSPS) is 9.75. The van der Waals surface area contributed by atoms with Gasteiger partial charge in [-0.05, 0) is 6.42 Å². The van der Waals surface area contributed by atoms with Crippen LogP contribution in [-0.4, -0.2) is 32.1 Å². The highest BCUT2D eigenvalue weighted by molar-refractivity contribution is 6.17. The summed E-state index contributed by atoms with van der Waals surface area (Å²) in [6.45, 7) is 5.37. The largest absolute Gasteiger partial charge is 0.329 e. The zero-order valence-electron chi connectivity index (χ0n) is 10.8. The molecule has 0 saturated carbocycles. The first-order valence-corrected chi connectivity index (χ1v) is 7.03. The fraction of sp³-hybridized carbons (Fsp3) is 1.00. The number of halogens is 1. The van der Waals surface area contributed by atoms with Gasteiger partial charge in [0.1, 0.15) is 0 Å². The molecule has 0 aromatic heterocycles. The fourth-order valence-corrected chi connectivity index (χ4v) is 1.39. The lowest BCUT2D eigenvalue weighted by atomic mass is 10.1. The molecule has 100 valence electrons. The Labute approximate surface area is 106 Å². The maximum absolute atomic E-state index is 5.51. The zero-order valence-corrected chi connectivity index (χ0v) is 11.6. The lowest BCUT2D eigenvalue weighted by molar-refractivity contribution is 0.626. The van der Waals surface area contributed by atoms with Crippen LogP contribution in [-0.2, 0) is 0 Å². The maximum Gasteiger partial charge on any atom is 0.0223 e. The van der Waals surface area contributed by atoms with Crippen molar-refractivity contribution in [2.45, 2.75) is 45.4 Å². The first-order chi connectivity index (χ1) is 7.83. The van der Waals surface area contributed by atoms with E-state index >= 15 is 0 Å². The van der Waals surface area contributed by atoms with Crippen molar-refractivity contribution < 1.29 is 0 Å². The summed E-state index contributed by atoms with van der Waals surface area (Å²) in [5.41, 5.74) is 10.3. The minimum Gasteiger partial charge on any atom is -0.329 e. The van der Waals surface area contributed by atoms with Crippen LogP contribution >= 0.6 is 11.6 Å². The highest BCUT2D eigenvalue weighted by atomic mass is 35.5. The Kier molecular flexibility index (Phi) is 23.8. The van der Waals surface area contributed by atoms with Gasteiger partial charge in [0.2, 0.25) is 0 Å². The number of rotatable bonds is 10. The Bertz CT molecular complexity index is 92.3. The van der Waals surface area contributed by atoms with Gasteiger partial charge >= 0.3 is 0 Å². The van der Waals surface area contributed by atoms with Gasteiger partial charge < -0.3 is 16.8 Å². The van der Waals surface area contributed by atoms with E-state index in [1.165, 1.54) is 38.5 Å². The SMILES string of the molecule is CCCCCCCCCl.NCCNCCN. The van der Waals surface area contributed by atoms with E-state index in [9.17, 15) is 0 Å². The zero-order chi connectivity index (χ0) is 12.5. The van der Waals surface area contributed by atoms with E-state index in [2.05, 4.69) is 12.2 Å². The predicted molar refractivity (Wildman–Crippen MR) is 75.1 cm³/mol. The molecule has 5 N–H and O–H groups in total. The molecule has 3 nitrogen and oxygen atoms in total. The third kappa shape index (κ3) is 23.8. The summed E-state index contributed by atoms with van der Waals surface area (Å²) in [5.74, 6) is 0.839. The molecule has 0 aliphatic rings. The van der Waals surface area contributed by atoms with E-state index in [1.54, 1.807) is 0 Å². The molecule has 0 rings (SSSR count). The summed E-state index contributed by atoms with van der Waals surface area (Å²) in [5, 5.41) is 3.03. The smallest absolute Gasteiger partial charge is 0.0223 e. The van der Waals surface area contributed by atoms with Gasteiger partial charge in [0, 0.05) is 32.1 Å². The van der Waals surface area contributed by atoms with E-state index in [4.69, 9.17) is 23.1 Å². The topological polar surface area (TPSA) is 64.1 Å². The molecule has 0 radical (unpaired) electrons. The molecule has 0 spiro atoms. The van der Waals surface area contributed by atoms with Crippen molar-refractivity contribution in [3.63, 3.8) is 0 Å². The van der Waals surface area contributed by atoms with Gasteiger partial charge in [-0.2, -0.15) is 0 Å². The Morgan fingerprint density at radius 2 is 1.38 bits per heavy atom. The average molecular weight is 252 g/mol. The van der Waals surface area contributed by atoms with Gasteiger partial charge in [-0.15, -0.1) is 11.6 Å². The number of alkyl halides is 1.